The van der Waals surface area contributed by atoms with Gasteiger partial charge in [0.25, 0.3) is 0 Å². The standard InChI is InChI=1S/C8H9N3O2S2/c1-14-6-4-2-3-5-7(6)8(9)11-15(12,13)10-5/h2-4,10H,1H3,(H2,9,11). The molecule has 0 aromatic heterocycles. The Hall–Kier alpha value is -1.21. The molecular weight excluding hydrogens is 234 g/mol. The molecule has 3 N–H and O–H groups in total. The van der Waals surface area contributed by atoms with Gasteiger partial charge in [-0.3, -0.25) is 4.72 Å². The molecule has 0 atom stereocenters. The van der Waals surface area contributed by atoms with Crippen LogP contribution in [-0.4, -0.2) is 20.5 Å². The average molecular weight is 243 g/mol. The Morgan fingerprint density at radius 2 is 2.20 bits per heavy atom. The molecule has 0 spiro atoms. The smallest absolute Gasteiger partial charge is 0.344 e. The summed E-state index contributed by atoms with van der Waals surface area (Å²) in [5.41, 5.74) is 6.75. The summed E-state index contributed by atoms with van der Waals surface area (Å²) in [6.45, 7) is 0. The molecule has 0 radical (unpaired) electrons. The number of amidine groups is 1. The predicted octanol–water partition coefficient (Wildman–Crippen LogP) is 0.784. The van der Waals surface area contributed by atoms with E-state index in [2.05, 4.69) is 9.12 Å². The molecule has 15 heavy (non-hydrogen) atoms. The Morgan fingerprint density at radius 1 is 1.47 bits per heavy atom. The number of nitrogens with one attached hydrogen (secondary N) is 1. The third-order valence-corrected chi connectivity index (χ3v) is 3.65. The van der Waals surface area contributed by atoms with Crippen LogP contribution >= 0.6 is 11.8 Å². The molecule has 7 heteroatoms. The summed E-state index contributed by atoms with van der Waals surface area (Å²) in [5.74, 6) is 0.0358. The summed E-state index contributed by atoms with van der Waals surface area (Å²) >= 11 is 1.49. The van der Waals surface area contributed by atoms with Crippen LogP contribution in [0.2, 0.25) is 0 Å². The lowest BCUT2D eigenvalue weighted by Crippen LogP contribution is -2.26. The molecule has 0 aliphatic carbocycles. The van der Waals surface area contributed by atoms with Gasteiger partial charge >= 0.3 is 10.2 Å². The maximum Gasteiger partial charge on any atom is 0.344 e. The first-order chi connectivity index (χ1) is 7.03. The normalized spacial score (nSPS) is 17.5. The molecule has 1 heterocycles. The first kappa shape index (κ1) is 10.3. The molecule has 1 aliphatic heterocycles. The van der Waals surface area contributed by atoms with Crippen molar-refractivity contribution in [2.24, 2.45) is 10.1 Å². The second-order valence-electron chi connectivity index (χ2n) is 2.94. The van der Waals surface area contributed by atoms with Crippen LogP contribution in [0.1, 0.15) is 5.56 Å². The topological polar surface area (TPSA) is 84.5 Å². The van der Waals surface area contributed by atoms with Crippen molar-refractivity contribution in [3.8, 4) is 0 Å². The largest absolute Gasteiger partial charge is 0.382 e. The second-order valence-corrected chi connectivity index (χ2v) is 5.12. The van der Waals surface area contributed by atoms with Crippen molar-refractivity contribution in [2.75, 3.05) is 11.0 Å². The molecule has 0 bridgehead atoms. The SMILES string of the molecule is CSc1cccc2c1C(N)=NS(=O)(=O)N2. The van der Waals surface area contributed by atoms with Crippen molar-refractivity contribution >= 4 is 33.5 Å². The average Bonchev–Trinajstić information content (AvgIpc) is 2.14. The zero-order valence-electron chi connectivity index (χ0n) is 7.89. The summed E-state index contributed by atoms with van der Waals surface area (Å²) in [6.07, 6.45) is 1.89. The summed E-state index contributed by atoms with van der Waals surface area (Å²) < 4.78 is 28.2. The fourth-order valence-electron chi connectivity index (χ4n) is 1.39. The lowest BCUT2D eigenvalue weighted by molar-refractivity contribution is 0.602. The van der Waals surface area contributed by atoms with Crippen molar-refractivity contribution in [3.63, 3.8) is 0 Å². The van der Waals surface area contributed by atoms with Crippen LogP contribution in [-0.2, 0) is 10.2 Å². The van der Waals surface area contributed by atoms with Crippen molar-refractivity contribution in [2.45, 2.75) is 4.90 Å². The highest BCUT2D eigenvalue weighted by molar-refractivity contribution is 7.98. The molecule has 0 amide bonds. The van der Waals surface area contributed by atoms with Crippen molar-refractivity contribution in [1.29, 1.82) is 0 Å². The van der Waals surface area contributed by atoms with Crippen LogP contribution in [0.15, 0.2) is 27.5 Å². The lowest BCUT2D eigenvalue weighted by atomic mass is 10.1. The molecule has 80 valence electrons. The van der Waals surface area contributed by atoms with Gasteiger partial charge in [-0.05, 0) is 18.4 Å². The minimum Gasteiger partial charge on any atom is -0.382 e. The third kappa shape index (κ3) is 1.80. The summed E-state index contributed by atoms with van der Waals surface area (Å²) in [6, 6.07) is 5.30. The number of thioether (sulfide) groups is 1. The zero-order chi connectivity index (χ0) is 11.1. The maximum atomic E-state index is 11.2. The lowest BCUT2D eigenvalue weighted by Gasteiger charge is -2.17. The highest BCUT2D eigenvalue weighted by Crippen LogP contribution is 2.30. The molecular formula is C8H9N3O2S2. The van der Waals surface area contributed by atoms with Crippen molar-refractivity contribution < 1.29 is 8.42 Å². The van der Waals surface area contributed by atoms with E-state index in [1.807, 2.05) is 12.3 Å². The molecule has 1 aromatic rings. The van der Waals surface area contributed by atoms with E-state index < -0.39 is 10.2 Å². The first-order valence-corrected chi connectivity index (χ1v) is 6.75. The first-order valence-electron chi connectivity index (χ1n) is 4.09. The molecule has 5 nitrogen and oxygen atoms in total. The Morgan fingerprint density at radius 3 is 2.87 bits per heavy atom. The van der Waals surface area contributed by atoms with Gasteiger partial charge in [0.15, 0.2) is 0 Å². The van der Waals surface area contributed by atoms with Crippen LogP contribution in [0, 0.1) is 0 Å². The molecule has 0 saturated carbocycles. The monoisotopic (exact) mass is 243 g/mol. The minimum atomic E-state index is -3.67. The Bertz CT molecular complexity index is 537. The molecule has 0 unspecified atom stereocenters. The van der Waals surface area contributed by atoms with Crippen LogP contribution in [0.25, 0.3) is 0 Å². The van der Waals surface area contributed by atoms with Crippen LogP contribution < -0.4 is 10.5 Å². The zero-order valence-corrected chi connectivity index (χ0v) is 9.52. The van der Waals surface area contributed by atoms with Gasteiger partial charge in [0.1, 0.15) is 5.84 Å². The van der Waals surface area contributed by atoms with Crippen molar-refractivity contribution in [3.05, 3.63) is 23.8 Å². The number of anilines is 1. The summed E-state index contributed by atoms with van der Waals surface area (Å²) in [5, 5.41) is 0. The van der Waals surface area contributed by atoms with Gasteiger partial charge in [-0.2, -0.15) is 8.42 Å². The van der Waals surface area contributed by atoms with E-state index >= 15 is 0 Å². The van der Waals surface area contributed by atoms with E-state index in [1.165, 1.54) is 11.8 Å². The number of fused-ring (bicyclic) bond motifs is 1. The fraction of sp³-hybridized carbons (Fsp3) is 0.125. The Labute approximate surface area is 92.0 Å². The number of rotatable bonds is 1. The van der Waals surface area contributed by atoms with E-state index in [1.54, 1.807) is 12.1 Å². The fourth-order valence-corrected chi connectivity index (χ4v) is 2.86. The Balaban J connectivity index is 2.70. The molecule has 1 aliphatic rings. The Kier molecular flexibility index (Phi) is 2.35. The summed E-state index contributed by atoms with van der Waals surface area (Å²) in [4.78, 5) is 0.899. The van der Waals surface area contributed by atoms with Crippen LogP contribution in [0.3, 0.4) is 0 Å². The predicted molar refractivity (Wildman–Crippen MR) is 61.5 cm³/mol. The van der Waals surface area contributed by atoms with E-state index in [0.717, 1.165) is 4.90 Å². The number of hydrogen-bond donors (Lipinski definition) is 2. The van der Waals surface area contributed by atoms with E-state index in [0.29, 0.717) is 11.3 Å². The van der Waals surface area contributed by atoms with Gasteiger partial charge in [0.2, 0.25) is 0 Å². The highest BCUT2D eigenvalue weighted by atomic mass is 32.2. The number of benzene rings is 1. The van der Waals surface area contributed by atoms with E-state index in [9.17, 15) is 8.42 Å². The van der Waals surface area contributed by atoms with Gasteiger partial charge < -0.3 is 5.73 Å². The highest BCUT2D eigenvalue weighted by Gasteiger charge is 2.22. The van der Waals surface area contributed by atoms with E-state index in [4.69, 9.17) is 5.73 Å². The van der Waals surface area contributed by atoms with E-state index in [-0.39, 0.29) is 5.84 Å². The van der Waals surface area contributed by atoms with Crippen molar-refractivity contribution in [1.82, 2.24) is 0 Å². The van der Waals surface area contributed by atoms with Gasteiger partial charge in [-0.25, -0.2) is 0 Å². The van der Waals surface area contributed by atoms with Gasteiger partial charge in [0, 0.05) is 4.90 Å². The summed E-state index contributed by atoms with van der Waals surface area (Å²) in [7, 11) is -3.67. The van der Waals surface area contributed by atoms with Crippen LogP contribution in [0.4, 0.5) is 5.69 Å². The van der Waals surface area contributed by atoms with Crippen LogP contribution in [0.5, 0.6) is 0 Å². The minimum absolute atomic E-state index is 0.0358. The maximum absolute atomic E-state index is 11.2. The number of nitrogens with zero attached hydrogens (tertiary/aromatic N) is 1. The molecule has 0 saturated heterocycles. The van der Waals surface area contributed by atoms with Gasteiger partial charge in [-0.15, -0.1) is 16.2 Å². The molecule has 1 aromatic carbocycles. The molecule has 0 fully saturated rings. The quantitative estimate of drug-likeness (QED) is 0.714. The van der Waals surface area contributed by atoms with Gasteiger partial charge in [-0.1, -0.05) is 6.07 Å². The second kappa shape index (κ2) is 3.42. The molecule has 2 rings (SSSR count). The van der Waals surface area contributed by atoms with Gasteiger partial charge in [0.05, 0.1) is 11.3 Å². The number of hydrogen-bond acceptors (Lipinski definition) is 4. The third-order valence-electron chi connectivity index (χ3n) is 1.96. The number of nitrogens with two attached hydrogens (primary N) is 1.